The summed E-state index contributed by atoms with van der Waals surface area (Å²) in [6, 6.07) is 21.7. The van der Waals surface area contributed by atoms with Gasteiger partial charge in [0.2, 0.25) is 0 Å². The fraction of sp³-hybridized carbons (Fsp3) is 0.478. The van der Waals surface area contributed by atoms with Crippen LogP contribution in [0.1, 0.15) is 34.6 Å². The van der Waals surface area contributed by atoms with Gasteiger partial charge in [-0.25, -0.2) is 0 Å². The van der Waals surface area contributed by atoms with E-state index in [4.69, 9.17) is 9.16 Å². The second kappa shape index (κ2) is 7.97. The molecule has 2 aromatic carbocycles. The minimum Gasteiger partial charge on any atom is -0.407 e. The standard InChI is InChI=1S/C23H31IO2Si/c1-18(21-23(5,17-24)26-21)16-25-27(22(2,3)4,19-12-8-6-9-13-19)20-14-10-7-11-15-20/h6-15,18,21H,16-17H2,1-5H3/t18-,21-,23-/m0/s1. The summed E-state index contributed by atoms with van der Waals surface area (Å²) < 4.78 is 14.1. The van der Waals surface area contributed by atoms with Crippen LogP contribution in [0.2, 0.25) is 5.04 Å². The lowest BCUT2D eigenvalue weighted by Gasteiger charge is -2.43. The molecule has 1 aliphatic rings. The molecule has 0 bridgehead atoms. The topological polar surface area (TPSA) is 21.8 Å². The molecule has 2 aromatic rings. The zero-order valence-electron chi connectivity index (χ0n) is 17.0. The minimum atomic E-state index is -2.44. The molecular formula is C23H31IO2Si. The first kappa shape index (κ1) is 21.0. The van der Waals surface area contributed by atoms with Gasteiger partial charge < -0.3 is 9.16 Å². The molecule has 1 aliphatic heterocycles. The highest BCUT2D eigenvalue weighted by Crippen LogP contribution is 2.43. The maximum Gasteiger partial charge on any atom is 0.261 e. The largest absolute Gasteiger partial charge is 0.407 e. The summed E-state index contributed by atoms with van der Waals surface area (Å²) in [5, 5.41) is 2.69. The minimum absolute atomic E-state index is 0.0202. The molecule has 0 radical (unpaired) electrons. The van der Waals surface area contributed by atoms with Crippen molar-refractivity contribution in [3.63, 3.8) is 0 Å². The van der Waals surface area contributed by atoms with E-state index in [9.17, 15) is 0 Å². The Labute approximate surface area is 178 Å². The van der Waals surface area contributed by atoms with E-state index in [0.29, 0.717) is 12.0 Å². The highest BCUT2D eigenvalue weighted by Gasteiger charge is 2.55. The average molecular weight is 494 g/mol. The Kier molecular flexibility index (Phi) is 6.21. The predicted molar refractivity (Wildman–Crippen MR) is 125 cm³/mol. The molecule has 2 nitrogen and oxygen atoms in total. The van der Waals surface area contributed by atoms with Crippen LogP contribution >= 0.6 is 22.6 Å². The number of epoxide rings is 1. The molecular weight excluding hydrogens is 463 g/mol. The third-order valence-corrected chi connectivity index (χ3v) is 12.2. The number of halogens is 1. The molecule has 0 aromatic heterocycles. The lowest BCUT2D eigenvalue weighted by molar-refractivity contribution is 0.210. The van der Waals surface area contributed by atoms with Crippen molar-refractivity contribution in [2.24, 2.45) is 5.92 Å². The zero-order valence-corrected chi connectivity index (χ0v) is 20.2. The number of hydrogen-bond acceptors (Lipinski definition) is 2. The van der Waals surface area contributed by atoms with E-state index < -0.39 is 8.32 Å². The van der Waals surface area contributed by atoms with E-state index >= 15 is 0 Å². The average Bonchev–Trinajstić information content (AvgIpc) is 3.35. The Bertz CT molecular complexity index is 704. The Hall–Kier alpha value is -0.693. The third-order valence-electron chi connectivity index (χ3n) is 5.70. The normalized spacial score (nSPS) is 23.9. The second-order valence-corrected chi connectivity index (χ2v) is 14.0. The van der Waals surface area contributed by atoms with Crippen molar-refractivity contribution < 1.29 is 9.16 Å². The molecule has 0 aliphatic carbocycles. The Balaban J connectivity index is 1.97. The van der Waals surface area contributed by atoms with Gasteiger partial charge in [0.25, 0.3) is 8.32 Å². The van der Waals surface area contributed by atoms with Crippen LogP contribution in [0.5, 0.6) is 0 Å². The van der Waals surface area contributed by atoms with E-state index in [2.05, 4.69) is 118 Å². The Morgan fingerprint density at radius 1 is 1.04 bits per heavy atom. The SMILES string of the molecule is C[C@@H](CO[Si](c1ccccc1)(c1ccccc1)C(C)(C)C)[C@@H]1O[C@@]1(C)CI. The van der Waals surface area contributed by atoms with Crippen molar-refractivity contribution in [2.75, 3.05) is 11.0 Å². The molecule has 0 spiro atoms. The second-order valence-electron chi connectivity index (χ2n) is 8.94. The molecule has 0 N–H and O–H groups in total. The van der Waals surface area contributed by atoms with E-state index in [0.717, 1.165) is 11.0 Å². The molecule has 1 heterocycles. The van der Waals surface area contributed by atoms with Crippen LogP contribution in [-0.4, -0.2) is 31.1 Å². The Morgan fingerprint density at radius 3 is 1.89 bits per heavy atom. The fourth-order valence-corrected chi connectivity index (χ4v) is 9.47. The first-order valence-corrected chi connectivity index (χ1v) is 13.2. The van der Waals surface area contributed by atoms with Gasteiger partial charge in [-0.1, -0.05) is 111 Å². The van der Waals surface area contributed by atoms with Gasteiger partial charge in [-0.2, -0.15) is 0 Å². The van der Waals surface area contributed by atoms with Crippen LogP contribution < -0.4 is 10.4 Å². The van der Waals surface area contributed by atoms with Crippen molar-refractivity contribution in [2.45, 2.75) is 51.4 Å². The molecule has 1 saturated heterocycles. The monoisotopic (exact) mass is 494 g/mol. The number of ether oxygens (including phenoxy) is 1. The summed E-state index contributed by atoms with van der Waals surface area (Å²) in [4.78, 5) is 0. The summed E-state index contributed by atoms with van der Waals surface area (Å²) in [7, 11) is -2.44. The van der Waals surface area contributed by atoms with Crippen LogP contribution in [0.3, 0.4) is 0 Å². The van der Waals surface area contributed by atoms with Crippen LogP contribution in [0, 0.1) is 5.92 Å². The molecule has 27 heavy (non-hydrogen) atoms. The molecule has 3 atom stereocenters. The number of rotatable bonds is 7. The summed E-state index contributed by atoms with van der Waals surface area (Å²) in [6.07, 6.45) is 0.299. The third kappa shape index (κ3) is 4.04. The van der Waals surface area contributed by atoms with Gasteiger partial charge in [-0.3, -0.25) is 0 Å². The molecule has 0 unspecified atom stereocenters. The van der Waals surface area contributed by atoms with Gasteiger partial charge in [0.1, 0.15) is 5.60 Å². The van der Waals surface area contributed by atoms with Gasteiger partial charge in [0.05, 0.1) is 6.10 Å². The van der Waals surface area contributed by atoms with Gasteiger partial charge in [0, 0.05) is 17.0 Å². The van der Waals surface area contributed by atoms with E-state index in [1.807, 2.05) is 0 Å². The fourth-order valence-electron chi connectivity index (χ4n) is 4.19. The van der Waals surface area contributed by atoms with Gasteiger partial charge in [0.15, 0.2) is 0 Å². The van der Waals surface area contributed by atoms with Crippen molar-refractivity contribution >= 4 is 41.3 Å². The molecule has 1 fully saturated rings. The van der Waals surface area contributed by atoms with Crippen molar-refractivity contribution in [3.05, 3.63) is 60.7 Å². The number of hydrogen-bond donors (Lipinski definition) is 0. The first-order valence-electron chi connectivity index (χ1n) is 9.73. The summed E-state index contributed by atoms with van der Waals surface area (Å²) in [5.41, 5.74) is 0.0226. The molecule has 146 valence electrons. The lowest BCUT2D eigenvalue weighted by Crippen LogP contribution is -2.67. The molecule has 4 heteroatoms. The summed E-state index contributed by atoms with van der Waals surface area (Å²) >= 11 is 2.42. The van der Waals surface area contributed by atoms with Gasteiger partial charge in [-0.15, -0.1) is 0 Å². The van der Waals surface area contributed by atoms with E-state index in [-0.39, 0.29) is 10.6 Å². The highest BCUT2D eigenvalue weighted by molar-refractivity contribution is 14.1. The van der Waals surface area contributed by atoms with Gasteiger partial charge in [-0.05, 0) is 22.3 Å². The predicted octanol–water partition coefficient (Wildman–Crippen LogP) is 4.79. The molecule has 0 saturated carbocycles. The number of benzene rings is 2. The van der Waals surface area contributed by atoms with Crippen molar-refractivity contribution in [3.8, 4) is 0 Å². The highest BCUT2D eigenvalue weighted by atomic mass is 127. The van der Waals surface area contributed by atoms with Crippen molar-refractivity contribution in [1.82, 2.24) is 0 Å². The lowest BCUT2D eigenvalue weighted by atomic mass is 10.0. The Morgan fingerprint density at radius 2 is 1.52 bits per heavy atom. The molecule has 3 rings (SSSR count). The smallest absolute Gasteiger partial charge is 0.261 e. The van der Waals surface area contributed by atoms with E-state index in [1.54, 1.807) is 0 Å². The first-order chi connectivity index (χ1) is 12.7. The molecule has 0 amide bonds. The van der Waals surface area contributed by atoms with Crippen molar-refractivity contribution in [1.29, 1.82) is 0 Å². The van der Waals surface area contributed by atoms with Gasteiger partial charge >= 0.3 is 0 Å². The quantitative estimate of drug-likeness (QED) is 0.239. The van der Waals surface area contributed by atoms with E-state index in [1.165, 1.54) is 10.4 Å². The van der Waals surface area contributed by atoms with Crippen LogP contribution in [0.15, 0.2) is 60.7 Å². The maximum atomic E-state index is 7.02. The van der Waals surface area contributed by atoms with Crippen LogP contribution in [0.4, 0.5) is 0 Å². The number of alkyl halides is 1. The van der Waals surface area contributed by atoms with Crippen LogP contribution in [0.25, 0.3) is 0 Å². The summed E-state index contributed by atoms with van der Waals surface area (Å²) in [5.74, 6) is 0.381. The van der Waals surface area contributed by atoms with Crippen LogP contribution in [-0.2, 0) is 9.16 Å². The zero-order chi connectivity index (χ0) is 19.7. The maximum absolute atomic E-state index is 7.02. The summed E-state index contributed by atoms with van der Waals surface area (Å²) in [6.45, 7) is 12.2.